The van der Waals surface area contributed by atoms with Crippen molar-refractivity contribution in [3.05, 3.63) is 59.0 Å². The minimum absolute atomic E-state index is 0.0724. The Balaban J connectivity index is 1.77. The van der Waals surface area contributed by atoms with Gasteiger partial charge < -0.3 is 14.8 Å². The van der Waals surface area contributed by atoms with Crippen LogP contribution in [-0.2, 0) is 6.61 Å². The van der Waals surface area contributed by atoms with E-state index in [4.69, 9.17) is 15.3 Å². The first-order valence-corrected chi connectivity index (χ1v) is 10.1. The summed E-state index contributed by atoms with van der Waals surface area (Å²) in [5, 5.41) is 5.19. The number of carbonyl (C=O) groups is 1. The molecule has 0 spiro atoms. The van der Waals surface area contributed by atoms with Gasteiger partial charge in [-0.3, -0.25) is 5.43 Å². The summed E-state index contributed by atoms with van der Waals surface area (Å²) in [6.45, 7) is 6.21. The summed E-state index contributed by atoms with van der Waals surface area (Å²) in [5.41, 5.74) is 6.27. The van der Waals surface area contributed by atoms with Crippen molar-refractivity contribution >= 4 is 23.1 Å². The van der Waals surface area contributed by atoms with Crippen LogP contribution in [0, 0.1) is 6.92 Å². The quantitative estimate of drug-likeness (QED) is 0.302. The summed E-state index contributed by atoms with van der Waals surface area (Å²) in [6, 6.07) is 12.9. The minimum atomic E-state index is -0.491. The van der Waals surface area contributed by atoms with Crippen molar-refractivity contribution in [3.8, 4) is 22.2 Å². The second-order valence-corrected chi connectivity index (χ2v) is 7.47. The van der Waals surface area contributed by atoms with Crippen LogP contribution < -0.4 is 26.1 Å². The van der Waals surface area contributed by atoms with Crippen molar-refractivity contribution in [1.82, 2.24) is 10.4 Å². The van der Waals surface area contributed by atoms with Crippen LogP contribution in [0.5, 0.6) is 10.9 Å². The van der Waals surface area contributed by atoms with Crippen LogP contribution in [-0.4, -0.2) is 17.1 Å². The van der Waals surface area contributed by atoms with E-state index in [1.807, 2.05) is 62.5 Å². The number of nitrogens with two attached hydrogens (primary N) is 1. The predicted octanol–water partition coefficient (Wildman–Crippen LogP) is 4.48. The van der Waals surface area contributed by atoms with Crippen LogP contribution >= 0.6 is 11.3 Å². The van der Waals surface area contributed by atoms with Gasteiger partial charge in [0, 0.05) is 22.2 Å². The first-order valence-electron chi connectivity index (χ1n) is 9.18. The summed E-state index contributed by atoms with van der Waals surface area (Å²) >= 11 is 1.41. The molecule has 7 nitrogen and oxygen atoms in total. The lowest BCUT2D eigenvalue weighted by molar-refractivity contribution is 0.243. The van der Waals surface area contributed by atoms with Gasteiger partial charge in [-0.2, -0.15) is 0 Å². The number of nitrogens with zero attached hydrogens (tertiary/aromatic N) is 1. The highest BCUT2D eigenvalue weighted by Gasteiger charge is 2.14. The first-order chi connectivity index (χ1) is 14.0. The second-order valence-electron chi connectivity index (χ2n) is 6.65. The van der Waals surface area contributed by atoms with Gasteiger partial charge >= 0.3 is 6.03 Å². The van der Waals surface area contributed by atoms with Gasteiger partial charge in [-0.1, -0.05) is 35.6 Å². The number of rotatable bonds is 7. The van der Waals surface area contributed by atoms with Gasteiger partial charge in [-0.05, 0) is 44.5 Å². The normalized spacial score (nSPS) is 10.7. The number of hydrogen-bond donors (Lipinski definition) is 3. The van der Waals surface area contributed by atoms with Crippen LogP contribution in [0.2, 0.25) is 0 Å². The van der Waals surface area contributed by atoms with Crippen molar-refractivity contribution < 1.29 is 14.3 Å². The SMILES string of the molecule is Cc1cccc(NC(=O)NN)c1COc1nc(-c2ccccc2OC(C)C)cs1. The molecule has 8 heteroatoms. The Morgan fingerprint density at radius 3 is 2.76 bits per heavy atom. The molecule has 152 valence electrons. The van der Waals surface area contributed by atoms with Crippen molar-refractivity contribution in [3.63, 3.8) is 0 Å². The number of hydrazine groups is 1. The van der Waals surface area contributed by atoms with Gasteiger partial charge in [0.25, 0.3) is 5.19 Å². The molecular weight excluding hydrogens is 388 g/mol. The molecule has 3 aromatic rings. The molecule has 2 aromatic carbocycles. The molecule has 0 saturated heterocycles. The number of aromatic nitrogens is 1. The molecule has 0 fully saturated rings. The summed E-state index contributed by atoms with van der Waals surface area (Å²) in [4.78, 5) is 16.2. The number of carbonyl (C=O) groups excluding carboxylic acids is 1. The molecule has 0 atom stereocenters. The molecule has 0 aliphatic rings. The predicted molar refractivity (Wildman–Crippen MR) is 115 cm³/mol. The zero-order chi connectivity index (χ0) is 20.8. The van der Waals surface area contributed by atoms with E-state index >= 15 is 0 Å². The second kappa shape index (κ2) is 9.40. The van der Waals surface area contributed by atoms with Gasteiger partial charge in [-0.25, -0.2) is 15.6 Å². The number of ether oxygens (including phenoxy) is 2. The molecule has 2 amide bonds. The van der Waals surface area contributed by atoms with Crippen LogP contribution in [0.4, 0.5) is 10.5 Å². The highest BCUT2D eigenvalue weighted by Crippen LogP contribution is 2.34. The van der Waals surface area contributed by atoms with E-state index in [0.29, 0.717) is 10.9 Å². The first kappa shape index (κ1) is 20.6. The van der Waals surface area contributed by atoms with E-state index < -0.39 is 6.03 Å². The van der Waals surface area contributed by atoms with Crippen molar-refractivity contribution in [1.29, 1.82) is 0 Å². The molecule has 0 radical (unpaired) electrons. The summed E-state index contributed by atoms with van der Waals surface area (Å²) in [5.74, 6) is 5.95. The van der Waals surface area contributed by atoms with Crippen LogP contribution in [0.15, 0.2) is 47.8 Å². The summed E-state index contributed by atoms with van der Waals surface area (Å²) < 4.78 is 11.8. The molecule has 4 N–H and O–H groups in total. The minimum Gasteiger partial charge on any atom is -0.490 e. The number of hydrogen-bond acceptors (Lipinski definition) is 6. The Labute approximate surface area is 173 Å². The Morgan fingerprint density at radius 2 is 2.00 bits per heavy atom. The average molecular weight is 413 g/mol. The van der Waals surface area contributed by atoms with Gasteiger partial charge in [0.2, 0.25) is 0 Å². The van der Waals surface area contributed by atoms with Gasteiger partial charge in [-0.15, -0.1) is 0 Å². The number of aryl methyl sites for hydroxylation is 1. The van der Waals surface area contributed by atoms with Crippen LogP contribution in [0.1, 0.15) is 25.0 Å². The maximum atomic E-state index is 11.6. The number of anilines is 1. The van der Waals surface area contributed by atoms with E-state index in [9.17, 15) is 4.79 Å². The molecule has 1 aromatic heterocycles. The fourth-order valence-corrected chi connectivity index (χ4v) is 3.46. The fourth-order valence-electron chi connectivity index (χ4n) is 2.79. The highest BCUT2D eigenvalue weighted by molar-refractivity contribution is 7.11. The molecular formula is C21H24N4O3S. The zero-order valence-corrected chi connectivity index (χ0v) is 17.4. The number of benzene rings is 2. The molecule has 0 bridgehead atoms. The maximum Gasteiger partial charge on any atom is 0.333 e. The molecule has 0 aliphatic carbocycles. The number of para-hydroxylation sites is 1. The summed E-state index contributed by atoms with van der Waals surface area (Å²) in [7, 11) is 0. The van der Waals surface area contributed by atoms with Gasteiger partial charge in [0.15, 0.2) is 0 Å². The zero-order valence-electron chi connectivity index (χ0n) is 16.6. The number of urea groups is 1. The van der Waals surface area contributed by atoms with Crippen molar-refractivity contribution in [2.75, 3.05) is 5.32 Å². The van der Waals surface area contributed by atoms with E-state index in [0.717, 1.165) is 28.1 Å². The fraction of sp³-hybridized carbons (Fsp3) is 0.238. The lowest BCUT2D eigenvalue weighted by Gasteiger charge is -2.13. The van der Waals surface area contributed by atoms with E-state index in [2.05, 4.69) is 15.7 Å². The largest absolute Gasteiger partial charge is 0.490 e. The van der Waals surface area contributed by atoms with E-state index in [1.165, 1.54) is 11.3 Å². The Kier molecular flexibility index (Phi) is 6.69. The monoisotopic (exact) mass is 412 g/mol. The molecule has 3 rings (SSSR count). The Bertz CT molecular complexity index is 988. The van der Waals surface area contributed by atoms with Crippen molar-refractivity contribution in [2.24, 2.45) is 5.84 Å². The number of nitrogens with one attached hydrogen (secondary N) is 2. The maximum absolute atomic E-state index is 11.6. The third-order valence-corrected chi connectivity index (χ3v) is 4.89. The van der Waals surface area contributed by atoms with E-state index in [1.54, 1.807) is 6.07 Å². The Morgan fingerprint density at radius 1 is 1.21 bits per heavy atom. The standard InChI is InChI=1S/C21H24N4O3S/c1-13(2)28-19-10-5-4-8-15(19)18-12-29-21(24-18)27-11-16-14(3)7-6-9-17(16)23-20(26)25-22/h4-10,12-13H,11,22H2,1-3H3,(H2,23,25,26). The van der Waals surface area contributed by atoms with Gasteiger partial charge in [0.05, 0.1) is 11.8 Å². The van der Waals surface area contributed by atoms with Crippen molar-refractivity contribution in [2.45, 2.75) is 33.5 Å². The number of thiazole rings is 1. The Hall–Kier alpha value is -3.10. The molecule has 29 heavy (non-hydrogen) atoms. The van der Waals surface area contributed by atoms with Crippen LogP contribution in [0.25, 0.3) is 11.3 Å². The third kappa shape index (κ3) is 5.24. The van der Waals surface area contributed by atoms with Gasteiger partial charge in [0.1, 0.15) is 12.4 Å². The lowest BCUT2D eigenvalue weighted by atomic mass is 10.1. The van der Waals surface area contributed by atoms with Crippen LogP contribution in [0.3, 0.4) is 0 Å². The molecule has 0 saturated carbocycles. The molecule has 1 heterocycles. The lowest BCUT2D eigenvalue weighted by Crippen LogP contribution is -2.34. The topological polar surface area (TPSA) is 98.5 Å². The average Bonchev–Trinajstić information content (AvgIpc) is 3.16. The third-order valence-electron chi connectivity index (χ3n) is 4.14. The highest BCUT2D eigenvalue weighted by atomic mass is 32.1. The number of amides is 2. The molecule has 0 unspecified atom stereocenters. The smallest absolute Gasteiger partial charge is 0.333 e. The summed E-state index contributed by atoms with van der Waals surface area (Å²) in [6.07, 6.45) is 0.0724. The van der Waals surface area contributed by atoms with E-state index in [-0.39, 0.29) is 12.7 Å². The molecule has 0 aliphatic heterocycles.